The quantitative estimate of drug-likeness (QED) is 0.680. The molecule has 3 heteroatoms. The molecule has 5 unspecified atom stereocenters. The first kappa shape index (κ1) is 19.7. The Hall–Kier alpha value is -0.570. The fraction of sp³-hybridized carbons (Fsp3) is 0.958. The zero-order valence-electron chi connectivity index (χ0n) is 17.6. The summed E-state index contributed by atoms with van der Waals surface area (Å²) in [6.07, 6.45) is 12.4. The molecule has 4 saturated carbocycles. The fourth-order valence-electron chi connectivity index (χ4n) is 8.76. The second-order valence-corrected chi connectivity index (χ2v) is 11.2. The minimum Gasteiger partial charge on any atom is -0.481 e. The molecule has 0 spiro atoms. The van der Waals surface area contributed by atoms with Crippen molar-refractivity contribution in [3.05, 3.63) is 0 Å². The van der Waals surface area contributed by atoms with Gasteiger partial charge in [-0.1, -0.05) is 20.8 Å². The van der Waals surface area contributed by atoms with Crippen LogP contribution >= 0.6 is 0 Å². The molecule has 0 heterocycles. The summed E-state index contributed by atoms with van der Waals surface area (Å²) in [6.45, 7) is 7.43. The fourth-order valence-corrected chi connectivity index (χ4v) is 8.76. The van der Waals surface area contributed by atoms with Gasteiger partial charge < -0.3 is 10.2 Å². The summed E-state index contributed by atoms with van der Waals surface area (Å²) in [5, 5.41) is 19.3. The first-order chi connectivity index (χ1) is 12.8. The maximum Gasteiger partial charge on any atom is 0.303 e. The van der Waals surface area contributed by atoms with E-state index in [0.29, 0.717) is 29.1 Å². The summed E-state index contributed by atoms with van der Waals surface area (Å²) >= 11 is 0. The van der Waals surface area contributed by atoms with Gasteiger partial charge in [0.15, 0.2) is 0 Å². The zero-order valence-corrected chi connectivity index (χ0v) is 17.6. The molecule has 0 aromatic rings. The van der Waals surface area contributed by atoms with Crippen molar-refractivity contribution in [1.82, 2.24) is 0 Å². The van der Waals surface area contributed by atoms with E-state index in [0.717, 1.165) is 42.9 Å². The molecule has 9 atom stereocenters. The minimum atomic E-state index is -0.643. The van der Waals surface area contributed by atoms with E-state index in [9.17, 15) is 9.90 Å². The van der Waals surface area contributed by atoms with Crippen LogP contribution in [0, 0.1) is 46.3 Å². The zero-order chi connectivity index (χ0) is 19.4. The van der Waals surface area contributed by atoms with Gasteiger partial charge in [-0.3, -0.25) is 4.79 Å². The van der Waals surface area contributed by atoms with Gasteiger partial charge in [0.05, 0.1) is 6.10 Å². The number of carbonyl (C=O) groups is 1. The maximum absolute atomic E-state index is 11.0. The van der Waals surface area contributed by atoms with Crippen molar-refractivity contribution in [2.75, 3.05) is 0 Å². The number of carboxylic acid groups (broad SMARTS) is 1. The van der Waals surface area contributed by atoms with Gasteiger partial charge in [0.1, 0.15) is 0 Å². The summed E-state index contributed by atoms with van der Waals surface area (Å²) in [5.74, 6) is 3.91. The number of rotatable bonds is 4. The smallest absolute Gasteiger partial charge is 0.303 e. The number of aliphatic carboxylic acids is 1. The third-order valence-corrected chi connectivity index (χ3v) is 10.2. The van der Waals surface area contributed by atoms with Crippen molar-refractivity contribution < 1.29 is 15.0 Å². The van der Waals surface area contributed by atoms with E-state index in [1.165, 1.54) is 44.9 Å². The number of fused-ring (bicyclic) bond motifs is 5. The van der Waals surface area contributed by atoms with E-state index in [2.05, 4.69) is 20.8 Å². The van der Waals surface area contributed by atoms with Crippen LogP contribution in [0.25, 0.3) is 0 Å². The van der Waals surface area contributed by atoms with Crippen molar-refractivity contribution in [3.8, 4) is 0 Å². The van der Waals surface area contributed by atoms with Crippen molar-refractivity contribution >= 4 is 5.97 Å². The number of aliphatic hydroxyl groups is 1. The highest BCUT2D eigenvalue weighted by Crippen LogP contribution is 2.68. The van der Waals surface area contributed by atoms with Gasteiger partial charge in [0.2, 0.25) is 0 Å². The summed E-state index contributed by atoms with van der Waals surface area (Å²) < 4.78 is 0. The molecule has 154 valence electrons. The van der Waals surface area contributed by atoms with Crippen molar-refractivity contribution in [3.63, 3.8) is 0 Å². The van der Waals surface area contributed by atoms with Gasteiger partial charge in [-0.2, -0.15) is 0 Å². The average Bonchev–Trinajstić information content (AvgIpc) is 2.97. The SMILES string of the molecule is C[C@H](CCC(=O)O)[C@H]1CCC2C3CCC4CC(O)CC[C@]4(C)C3CC[C@@]21C. The van der Waals surface area contributed by atoms with E-state index in [1.807, 2.05) is 0 Å². The monoisotopic (exact) mass is 376 g/mol. The number of hydrogen-bond acceptors (Lipinski definition) is 2. The van der Waals surface area contributed by atoms with Crippen molar-refractivity contribution in [1.29, 1.82) is 0 Å². The van der Waals surface area contributed by atoms with Crippen LogP contribution in [-0.2, 0) is 4.79 Å². The molecule has 4 rings (SSSR count). The highest BCUT2D eigenvalue weighted by molar-refractivity contribution is 5.66. The lowest BCUT2D eigenvalue weighted by atomic mass is 9.44. The second kappa shape index (κ2) is 7.04. The molecule has 2 N–H and O–H groups in total. The van der Waals surface area contributed by atoms with Crippen LogP contribution in [0.2, 0.25) is 0 Å². The predicted molar refractivity (Wildman–Crippen MR) is 107 cm³/mol. The predicted octanol–water partition coefficient (Wildman–Crippen LogP) is 5.51. The van der Waals surface area contributed by atoms with Crippen LogP contribution in [0.1, 0.15) is 91.4 Å². The Labute approximate surface area is 165 Å². The Morgan fingerprint density at radius 2 is 1.70 bits per heavy atom. The maximum atomic E-state index is 11.0. The van der Waals surface area contributed by atoms with Crippen LogP contribution in [0.5, 0.6) is 0 Å². The summed E-state index contributed by atoms with van der Waals surface area (Å²) in [5.41, 5.74) is 0.882. The Bertz CT molecular complexity index is 574. The number of hydrogen-bond donors (Lipinski definition) is 2. The molecule has 4 fully saturated rings. The highest BCUT2D eigenvalue weighted by atomic mass is 16.4. The van der Waals surface area contributed by atoms with Crippen LogP contribution in [-0.4, -0.2) is 22.3 Å². The summed E-state index contributed by atoms with van der Waals surface area (Å²) in [4.78, 5) is 11.0. The third-order valence-electron chi connectivity index (χ3n) is 10.2. The number of carboxylic acids is 1. The van der Waals surface area contributed by atoms with Gasteiger partial charge in [-0.25, -0.2) is 0 Å². The third kappa shape index (κ3) is 3.16. The van der Waals surface area contributed by atoms with Gasteiger partial charge >= 0.3 is 5.97 Å². The van der Waals surface area contributed by atoms with Crippen molar-refractivity contribution in [2.45, 2.75) is 97.5 Å². The second-order valence-electron chi connectivity index (χ2n) is 11.2. The van der Waals surface area contributed by atoms with Crippen molar-refractivity contribution in [2.24, 2.45) is 46.3 Å². The molecule has 0 bridgehead atoms. The highest BCUT2D eigenvalue weighted by Gasteiger charge is 2.60. The van der Waals surface area contributed by atoms with E-state index in [1.54, 1.807) is 0 Å². The van der Waals surface area contributed by atoms with Gasteiger partial charge in [-0.15, -0.1) is 0 Å². The Kier molecular flexibility index (Phi) is 5.15. The molecular weight excluding hydrogens is 336 g/mol. The van der Waals surface area contributed by atoms with E-state index >= 15 is 0 Å². The van der Waals surface area contributed by atoms with Gasteiger partial charge in [-0.05, 0) is 111 Å². The molecule has 3 nitrogen and oxygen atoms in total. The molecule has 0 radical (unpaired) electrons. The minimum absolute atomic E-state index is 0.0561. The van der Waals surface area contributed by atoms with Crippen LogP contribution in [0.4, 0.5) is 0 Å². The Morgan fingerprint density at radius 1 is 1.00 bits per heavy atom. The standard InChI is InChI=1S/C24H40O3/c1-15(4-9-22(26)27)19-7-8-20-18-6-5-16-14-17(25)10-12-23(16,2)21(18)11-13-24(19,20)3/h15-21,25H,4-14H2,1-3H3,(H,26,27)/t15-,16?,17?,18?,19-,20?,21?,23+,24-/m1/s1. The molecule has 0 amide bonds. The Morgan fingerprint density at radius 3 is 2.44 bits per heavy atom. The summed E-state index contributed by atoms with van der Waals surface area (Å²) in [6, 6.07) is 0. The normalized spacial score (nSPS) is 50.4. The van der Waals surface area contributed by atoms with E-state index in [4.69, 9.17) is 5.11 Å². The molecule has 0 aromatic heterocycles. The van der Waals surface area contributed by atoms with E-state index < -0.39 is 5.97 Å². The molecule has 0 aromatic carbocycles. The molecule has 0 saturated heterocycles. The topological polar surface area (TPSA) is 57.5 Å². The first-order valence-corrected chi connectivity index (χ1v) is 11.7. The molecule has 4 aliphatic rings. The van der Waals surface area contributed by atoms with E-state index in [-0.39, 0.29) is 6.10 Å². The van der Waals surface area contributed by atoms with Gasteiger partial charge in [0.25, 0.3) is 0 Å². The molecule has 0 aliphatic heterocycles. The first-order valence-electron chi connectivity index (χ1n) is 11.7. The van der Waals surface area contributed by atoms with Crippen LogP contribution < -0.4 is 0 Å². The summed E-state index contributed by atoms with van der Waals surface area (Å²) in [7, 11) is 0. The van der Waals surface area contributed by atoms with Crippen LogP contribution in [0.15, 0.2) is 0 Å². The van der Waals surface area contributed by atoms with Gasteiger partial charge in [0, 0.05) is 6.42 Å². The lowest BCUT2D eigenvalue weighted by molar-refractivity contribution is -0.138. The molecular formula is C24H40O3. The molecule has 27 heavy (non-hydrogen) atoms. The average molecular weight is 377 g/mol. The molecule has 4 aliphatic carbocycles. The largest absolute Gasteiger partial charge is 0.481 e. The number of aliphatic hydroxyl groups excluding tert-OH is 1. The van der Waals surface area contributed by atoms with Crippen LogP contribution in [0.3, 0.4) is 0 Å². The Balaban J connectivity index is 1.51. The lowest BCUT2D eigenvalue weighted by Gasteiger charge is -2.61. The lowest BCUT2D eigenvalue weighted by Crippen LogP contribution is -2.54.